The van der Waals surface area contributed by atoms with E-state index in [0.717, 1.165) is 120 Å². The topological polar surface area (TPSA) is 237 Å². The number of esters is 4. The van der Waals surface area contributed by atoms with Gasteiger partial charge in [0.05, 0.1) is 26.4 Å². The second kappa shape index (κ2) is 63.5. The second-order valence-corrected chi connectivity index (χ2v) is 31.0. The number of carbonyl (C=O) groups excluding carboxylic acids is 4. The fraction of sp³-hybridized carbons (Fsp3) is 0.946. The lowest BCUT2D eigenvalue weighted by molar-refractivity contribution is -0.161. The molecule has 0 spiro atoms. The minimum atomic E-state index is -4.96. The van der Waals surface area contributed by atoms with E-state index in [1.54, 1.807) is 0 Å². The molecule has 0 heterocycles. The van der Waals surface area contributed by atoms with E-state index < -0.39 is 97.5 Å². The Kier molecular flexibility index (Phi) is 62.2. The van der Waals surface area contributed by atoms with Gasteiger partial charge in [-0.05, 0) is 49.4 Å². The zero-order valence-electron chi connectivity index (χ0n) is 60.9. The minimum absolute atomic E-state index is 0.105. The number of aliphatic hydroxyl groups excluding tert-OH is 1. The predicted octanol–water partition coefficient (Wildman–Crippen LogP) is 21.3. The Hall–Kier alpha value is -1.94. The maximum atomic E-state index is 13.0. The quantitative estimate of drug-likeness (QED) is 0.0222. The highest BCUT2D eigenvalue weighted by atomic mass is 31.2. The smallest absolute Gasteiger partial charge is 0.462 e. The molecular weight excluding hydrogens is 1220 g/mol. The lowest BCUT2D eigenvalue weighted by atomic mass is 9.99. The van der Waals surface area contributed by atoms with Gasteiger partial charge in [0.15, 0.2) is 12.2 Å². The van der Waals surface area contributed by atoms with Crippen molar-refractivity contribution in [3.8, 4) is 0 Å². The Morgan fingerprint density at radius 2 is 0.516 bits per heavy atom. The molecule has 17 nitrogen and oxygen atoms in total. The van der Waals surface area contributed by atoms with Gasteiger partial charge >= 0.3 is 39.5 Å². The van der Waals surface area contributed by atoms with Crippen LogP contribution in [0, 0.1) is 23.7 Å². The van der Waals surface area contributed by atoms with Gasteiger partial charge in [0.1, 0.15) is 19.3 Å². The lowest BCUT2D eigenvalue weighted by Gasteiger charge is -2.21. The second-order valence-electron chi connectivity index (χ2n) is 28.1. The van der Waals surface area contributed by atoms with Crippen molar-refractivity contribution in [3.05, 3.63) is 0 Å². The van der Waals surface area contributed by atoms with Gasteiger partial charge in [-0.15, -0.1) is 0 Å². The maximum absolute atomic E-state index is 13.0. The molecule has 93 heavy (non-hydrogen) atoms. The first-order chi connectivity index (χ1) is 44.7. The molecule has 19 heteroatoms. The van der Waals surface area contributed by atoms with E-state index in [2.05, 4.69) is 55.4 Å². The molecule has 0 bridgehead atoms. The van der Waals surface area contributed by atoms with Crippen LogP contribution in [0.1, 0.15) is 370 Å². The highest BCUT2D eigenvalue weighted by molar-refractivity contribution is 7.47. The van der Waals surface area contributed by atoms with Gasteiger partial charge in [-0.1, -0.05) is 319 Å². The van der Waals surface area contributed by atoms with Crippen LogP contribution in [-0.2, 0) is 65.4 Å². The zero-order valence-corrected chi connectivity index (χ0v) is 62.7. The van der Waals surface area contributed by atoms with Crippen LogP contribution < -0.4 is 0 Å². The van der Waals surface area contributed by atoms with Crippen molar-refractivity contribution >= 4 is 39.5 Å². The van der Waals surface area contributed by atoms with Crippen LogP contribution in [0.25, 0.3) is 0 Å². The summed E-state index contributed by atoms with van der Waals surface area (Å²) < 4.78 is 68.4. The van der Waals surface area contributed by atoms with E-state index in [-0.39, 0.29) is 25.7 Å². The van der Waals surface area contributed by atoms with E-state index in [9.17, 15) is 43.2 Å². The third kappa shape index (κ3) is 65.8. The number of carbonyl (C=O) groups is 4. The van der Waals surface area contributed by atoms with Gasteiger partial charge in [-0.3, -0.25) is 37.3 Å². The van der Waals surface area contributed by atoms with Gasteiger partial charge < -0.3 is 33.8 Å². The molecule has 5 unspecified atom stereocenters. The number of unbranched alkanes of at least 4 members (excludes halogenated alkanes) is 35. The first-order valence-electron chi connectivity index (χ1n) is 38.3. The average Bonchev–Trinajstić information content (AvgIpc) is 2.34. The Morgan fingerprint density at radius 3 is 0.763 bits per heavy atom. The van der Waals surface area contributed by atoms with Crippen LogP contribution in [0.15, 0.2) is 0 Å². The van der Waals surface area contributed by atoms with Crippen LogP contribution in [0.4, 0.5) is 0 Å². The zero-order chi connectivity index (χ0) is 68.9. The van der Waals surface area contributed by atoms with E-state index >= 15 is 0 Å². The standard InChI is InChI=1S/C74H144O17P2/c1-9-66(7)52-44-36-28-22-18-13-11-12-14-19-23-29-40-48-56-74(79)91-70(61-85-72(77)55-47-39-33-32-37-45-53-67(8)10-2)63-89-93(82,83)87-59-68(75)58-86-92(80,81)88-62-69(60-84-71(76)54-46-38-31-25-27-35-43-51-65(5)6)90-73(78)57-49-41-30-24-20-16-15-17-21-26-34-42-50-64(3)4/h64-70,75H,9-63H2,1-8H3,(H,80,81)(H,82,83)/t66?,67?,68?,69-,70-/m1/s1. The summed E-state index contributed by atoms with van der Waals surface area (Å²) in [5.41, 5.74) is 0. The molecule has 0 amide bonds. The van der Waals surface area contributed by atoms with Crippen molar-refractivity contribution in [1.29, 1.82) is 0 Å². The molecule has 0 aliphatic heterocycles. The van der Waals surface area contributed by atoms with Crippen LogP contribution in [-0.4, -0.2) is 96.7 Å². The average molecular weight is 1370 g/mol. The van der Waals surface area contributed by atoms with Crippen molar-refractivity contribution < 1.29 is 80.2 Å². The molecule has 0 aromatic carbocycles. The van der Waals surface area contributed by atoms with Gasteiger partial charge in [-0.25, -0.2) is 9.13 Å². The molecule has 0 aliphatic carbocycles. The number of ether oxygens (including phenoxy) is 4. The van der Waals surface area contributed by atoms with E-state index in [4.69, 9.17) is 37.0 Å². The van der Waals surface area contributed by atoms with E-state index in [1.807, 2.05) is 0 Å². The van der Waals surface area contributed by atoms with Gasteiger partial charge in [-0.2, -0.15) is 0 Å². The number of rotatable bonds is 71. The summed E-state index contributed by atoms with van der Waals surface area (Å²) in [5, 5.41) is 10.6. The van der Waals surface area contributed by atoms with Crippen LogP contribution in [0.5, 0.6) is 0 Å². The van der Waals surface area contributed by atoms with Crippen LogP contribution >= 0.6 is 15.6 Å². The molecule has 0 saturated carbocycles. The monoisotopic (exact) mass is 1370 g/mol. The largest absolute Gasteiger partial charge is 0.472 e. The van der Waals surface area contributed by atoms with Gasteiger partial charge in [0.2, 0.25) is 0 Å². The number of phosphoric acid groups is 2. The molecule has 0 rings (SSSR count). The third-order valence-corrected chi connectivity index (χ3v) is 19.7. The van der Waals surface area contributed by atoms with Gasteiger partial charge in [0.25, 0.3) is 0 Å². The van der Waals surface area contributed by atoms with Crippen LogP contribution in [0.2, 0.25) is 0 Å². The summed E-state index contributed by atoms with van der Waals surface area (Å²) in [4.78, 5) is 72.7. The highest BCUT2D eigenvalue weighted by Gasteiger charge is 2.30. The van der Waals surface area contributed by atoms with Crippen LogP contribution in [0.3, 0.4) is 0 Å². The first kappa shape index (κ1) is 91.1. The number of phosphoric ester groups is 2. The first-order valence-corrected chi connectivity index (χ1v) is 41.3. The number of aliphatic hydroxyl groups is 1. The Labute approximate surface area is 568 Å². The third-order valence-electron chi connectivity index (χ3n) is 17.8. The molecule has 3 N–H and O–H groups in total. The Morgan fingerprint density at radius 1 is 0.301 bits per heavy atom. The predicted molar refractivity (Wildman–Crippen MR) is 377 cm³/mol. The molecule has 0 aromatic heterocycles. The molecule has 0 saturated heterocycles. The highest BCUT2D eigenvalue weighted by Crippen LogP contribution is 2.45. The Balaban J connectivity index is 5.23. The molecule has 552 valence electrons. The molecule has 0 aromatic rings. The van der Waals surface area contributed by atoms with Crippen molar-refractivity contribution in [2.24, 2.45) is 23.7 Å². The summed E-state index contributed by atoms with van der Waals surface area (Å²) in [6.07, 6.45) is 47.2. The molecular formula is C74H144O17P2. The summed E-state index contributed by atoms with van der Waals surface area (Å²) in [6.45, 7) is 14.2. The molecule has 0 fully saturated rings. The summed E-state index contributed by atoms with van der Waals surface area (Å²) >= 11 is 0. The molecule has 0 radical (unpaired) electrons. The number of hydrogen-bond acceptors (Lipinski definition) is 15. The van der Waals surface area contributed by atoms with Crippen molar-refractivity contribution in [1.82, 2.24) is 0 Å². The maximum Gasteiger partial charge on any atom is 0.472 e. The van der Waals surface area contributed by atoms with E-state index in [0.29, 0.717) is 31.6 Å². The van der Waals surface area contributed by atoms with E-state index in [1.165, 1.54) is 161 Å². The fourth-order valence-electron chi connectivity index (χ4n) is 11.1. The summed E-state index contributed by atoms with van der Waals surface area (Å²) in [5.74, 6) is 0.933. The minimum Gasteiger partial charge on any atom is -0.462 e. The van der Waals surface area contributed by atoms with Gasteiger partial charge in [0, 0.05) is 25.7 Å². The SMILES string of the molecule is CCC(C)CCCCCCCCCCCCCCCCC(=O)O[C@H](COC(=O)CCCCCCCCC(C)CC)COP(=O)(O)OCC(O)COP(=O)(O)OC[C@@H](COC(=O)CCCCCCCCCC(C)C)OC(=O)CCCCCCCCCCCCCCC(C)C. The number of hydrogen-bond donors (Lipinski definition) is 3. The van der Waals surface area contributed by atoms with Crippen molar-refractivity contribution in [2.45, 2.75) is 388 Å². The fourth-order valence-corrected chi connectivity index (χ4v) is 12.7. The Bertz CT molecular complexity index is 1840. The lowest BCUT2D eigenvalue weighted by Crippen LogP contribution is -2.30. The summed E-state index contributed by atoms with van der Waals surface area (Å²) in [7, 11) is -9.91. The normalized spacial score (nSPS) is 14.8. The molecule has 0 aliphatic rings. The molecule has 7 atom stereocenters. The summed E-state index contributed by atoms with van der Waals surface area (Å²) in [6, 6.07) is 0. The van der Waals surface area contributed by atoms with Crippen molar-refractivity contribution in [2.75, 3.05) is 39.6 Å². The van der Waals surface area contributed by atoms with Crippen molar-refractivity contribution in [3.63, 3.8) is 0 Å².